The van der Waals surface area contributed by atoms with Crippen molar-refractivity contribution in [2.45, 2.75) is 51.4 Å². The van der Waals surface area contributed by atoms with E-state index >= 15 is 0 Å². The molecule has 176 valence electrons. The van der Waals surface area contributed by atoms with Crippen LogP contribution in [0, 0.1) is 49.9 Å². The fraction of sp³-hybridized carbons (Fsp3) is 0.667. The molecule has 4 unspecified atom stereocenters. The van der Waals surface area contributed by atoms with E-state index in [1.54, 1.807) is 0 Å². The number of aliphatic imine (C=N–C) groups is 4. The van der Waals surface area contributed by atoms with Gasteiger partial charge in [0.25, 0.3) is 0 Å². The van der Waals surface area contributed by atoms with E-state index < -0.39 is 0 Å². The Labute approximate surface area is 217 Å². The molecule has 0 spiro atoms. The molecule has 0 saturated carbocycles. The molecule has 8 heterocycles. The van der Waals surface area contributed by atoms with Gasteiger partial charge in [0.15, 0.2) is 0 Å². The number of amidine groups is 4. The van der Waals surface area contributed by atoms with Crippen LogP contribution in [-0.4, -0.2) is 49.5 Å². The van der Waals surface area contributed by atoms with Crippen LogP contribution in [0.3, 0.4) is 0 Å². The normalized spacial score (nSPS) is 32.0. The van der Waals surface area contributed by atoms with Crippen LogP contribution in [0.25, 0.3) is 0 Å². The molecule has 8 nitrogen and oxygen atoms in total. The first-order valence-corrected chi connectivity index (χ1v) is 12.4. The second kappa shape index (κ2) is 12.1. The van der Waals surface area contributed by atoms with Crippen molar-refractivity contribution in [3.05, 3.63) is 26.2 Å². The molecular formula is C24H36HfN8. The van der Waals surface area contributed by atoms with Gasteiger partial charge in [-0.25, -0.2) is 0 Å². The first-order valence-electron chi connectivity index (χ1n) is 12.4. The summed E-state index contributed by atoms with van der Waals surface area (Å²) in [6.07, 6.45) is 9.82. The van der Waals surface area contributed by atoms with Crippen molar-refractivity contribution < 1.29 is 25.8 Å². The molecule has 0 amide bonds. The summed E-state index contributed by atoms with van der Waals surface area (Å²) in [6, 6.07) is 0. The van der Waals surface area contributed by atoms with E-state index in [4.69, 9.17) is 0 Å². The minimum Gasteiger partial charge on any atom is -0.450 e. The summed E-state index contributed by atoms with van der Waals surface area (Å²) in [5.41, 5.74) is 0. The van der Waals surface area contributed by atoms with Gasteiger partial charge in [0.2, 0.25) is 0 Å². The molecule has 0 aromatic heterocycles. The van der Waals surface area contributed by atoms with Gasteiger partial charge in [-0.3, -0.25) is 0 Å². The molecular weight excluding hydrogens is 579 g/mol. The van der Waals surface area contributed by atoms with Gasteiger partial charge in [0.05, 0.1) is 0 Å². The quantitative estimate of drug-likeness (QED) is 0.249. The van der Waals surface area contributed by atoms with E-state index in [0.29, 0.717) is 0 Å². The molecule has 9 heteroatoms. The third-order valence-corrected chi connectivity index (χ3v) is 7.22. The van der Waals surface area contributed by atoms with Crippen molar-refractivity contribution in [3.63, 3.8) is 0 Å². The average Bonchev–Trinajstić information content (AvgIpc) is 3.57. The fourth-order valence-corrected chi connectivity index (χ4v) is 5.26. The van der Waals surface area contributed by atoms with E-state index in [1.807, 2.05) is 26.2 Å². The number of nitrogens with one attached hydrogen (secondary N) is 4. The largest absolute Gasteiger partial charge is 4.00 e. The van der Waals surface area contributed by atoms with Crippen LogP contribution in [0.15, 0.2) is 20.0 Å². The molecule has 33 heavy (non-hydrogen) atoms. The molecule has 0 radical (unpaired) electrons. The zero-order chi connectivity index (χ0) is 21.6. The summed E-state index contributed by atoms with van der Waals surface area (Å²) in [4.78, 5) is 16.7. The summed E-state index contributed by atoms with van der Waals surface area (Å²) in [5.74, 6) is 7.94. The van der Waals surface area contributed by atoms with E-state index in [-0.39, 0.29) is 25.8 Å². The molecule has 8 aliphatic heterocycles. The van der Waals surface area contributed by atoms with Gasteiger partial charge in [-0.15, -0.1) is 26.2 Å². The molecule has 8 aliphatic rings. The van der Waals surface area contributed by atoms with Gasteiger partial charge < -0.3 is 41.2 Å². The zero-order valence-corrected chi connectivity index (χ0v) is 23.0. The summed E-state index contributed by atoms with van der Waals surface area (Å²) >= 11 is 0. The Morgan fingerprint density at radius 1 is 0.455 bits per heavy atom. The van der Waals surface area contributed by atoms with Crippen LogP contribution in [-0.2, 0) is 25.8 Å². The van der Waals surface area contributed by atoms with Crippen molar-refractivity contribution in [3.8, 4) is 0 Å². The maximum absolute atomic E-state index is 4.18. The maximum Gasteiger partial charge on any atom is 4.00 e. The fourth-order valence-electron chi connectivity index (χ4n) is 5.26. The Bertz CT molecular complexity index is 648. The van der Waals surface area contributed by atoms with Crippen LogP contribution < -0.4 is 21.3 Å². The molecule has 0 aromatic carbocycles. The van der Waals surface area contributed by atoms with Crippen LogP contribution in [0.1, 0.15) is 51.4 Å². The summed E-state index contributed by atoms with van der Waals surface area (Å²) < 4.78 is 0. The van der Waals surface area contributed by atoms with E-state index in [9.17, 15) is 0 Å². The Balaban J connectivity index is 0.000000104. The monoisotopic (exact) mass is 616 g/mol. The summed E-state index contributed by atoms with van der Waals surface area (Å²) in [7, 11) is 0. The number of nitrogens with zero attached hydrogens (tertiary/aromatic N) is 4. The SMILES string of the molecule is [CH-]1CC2CCNC2=N1.[CH-]1CC2CCNC2=N1.[CH-]1CC2CCNC2=N1.[CH-]1CC2CCNC2=N1.[Hf+4]. The van der Waals surface area contributed by atoms with Crippen molar-refractivity contribution in [2.24, 2.45) is 43.6 Å². The Morgan fingerprint density at radius 3 is 0.909 bits per heavy atom. The van der Waals surface area contributed by atoms with Gasteiger partial charge in [0, 0.05) is 0 Å². The first-order chi connectivity index (χ1) is 15.9. The standard InChI is InChI=1S/4C6H9N2.Hf/c4*1-3-7-6-5(1)2-4-8-6;/h4*3,5H,1-2,4H2,(H,7,8);/q4*-1;+4. The van der Waals surface area contributed by atoms with Crippen LogP contribution in [0.2, 0.25) is 0 Å². The molecule has 0 bridgehead atoms. The number of fused-ring (bicyclic) bond motifs is 4. The molecule has 4 N–H and O–H groups in total. The van der Waals surface area contributed by atoms with E-state index in [1.165, 1.54) is 74.7 Å². The number of hydrogen-bond acceptors (Lipinski definition) is 8. The average molecular weight is 615 g/mol. The Morgan fingerprint density at radius 2 is 0.697 bits per heavy atom. The van der Waals surface area contributed by atoms with Crippen molar-refractivity contribution in [1.82, 2.24) is 21.3 Å². The van der Waals surface area contributed by atoms with Gasteiger partial charge in [-0.1, -0.05) is 72.7 Å². The maximum atomic E-state index is 4.18. The molecule has 4 saturated heterocycles. The summed E-state index contributed by atoms with van der Waals surface area (Å²) in [5, 5.41) is 12.9. The van der Waals surface area contributed by atoms with E-state index in [2.05, 4.69) is 41.2 Å². The number of hydrogen-bond donors (Lipinski definition) is 4. The van der Waals surface area contributed by atoms with Crippen molar-refractivity contribution in [1.29, 1.82) is 0 Å². The minimum atomic E-state index is 0. The zero-order valence-electron chi connectivity index (χ0n) is 19.4. The van der Waals surface area contributed by atoms with Crippen LogP contribution >= 0.6 is 0 Å². The van der Waals surface area contributed by atoms with Gasteiger partial charge in [-0.05, 0) is 51.9 Å². The number of rotatable bonds is 0. The molecule has 0 aliphatic carbocycles. The smallest absolute Gasteiger partial charge is 0.450 e. The molecule has 4 atom stereocenters. The van der Waals surface area contributed by atoms with Gasteiger partial charge in [-0.2, -0.15) is 0 Å². The van der Waals surface area contributed by atoms with Crippen LogP contribution in [0.4, 0.5) is 0 Å². The predicted molar refractivity (Wildman–Crippen MR) is 130 cm³/mol. The Hall–Kier alpha value is -1.77. The first kappa shape index (κ1) is 24.4. The van der Waals surface area contributed by atoms with Gasteiger partial charge >= 0.3 is 25.8 Å². The minimum absolute atomic E-state index is 0. The molecule has 8 rings (SSSR count). The second-order valence-electron chi connectivity index (χ2n) is 9.38. The van der Waals surface area contributed by atoms with Gasteiger partial charge in [0.1, 0.15) is 0 Å². The third-order valence-electron chi connectivity index (χ3n) is 7.22. The predicted octanol–water partition coefficient (Wildman–Crippen LogP) is 2.24. The molecule has 0 aromatic rings. The summed E-state index contributed by atoms with van der Waals surface area (Å²) in [6.45, 7) is 12.6. The second-order valence-corrected chi connectivity index (χ2v) is 9.38. The molecule has 4 fully saturated rings. The van der Waals surface area contributed by atoms with E-state index in [0.717, 1.165) is 49.9 Å². The third kappa shape index (κ3) is 6.22. The van der Waals surface area contributed by atoms with Crippen molar-refractivity contribution in [2.75, 3.05) is 26.2 Å². The topological polar surface area (TPSA) is 97.6 Å². The Kier molecular flexibility index (Phi) is 8.92. The van der Waals surface area contributed by atoms with Crippen molar-refractivity contribution >= 4 is 23.3 Å². The van der Waals surface area contributed by atoms with Crippen LogP contribution in [0.5, 0.6) is 0 Å².